The molecule has 5 rings (SSSR count). The Hall–Kier alpha value is -4.04. The molecule has 1 unspecified atom stereocenters. The van der Waals surface area contributed by atoms with Gasteiger partial charge in [0, 0.05) is 23.7 Å². The topological polar surface area (TPSA) is 75.8 Å². The maximum Gasteiger partial charge on any atom is 0.208 e. The molecule has 0 radical (unpaired) electrons. The predicted octanol–water partition coefficient (Wildman–Crippen LogP) is 4.43. The Kier molecular flexibility index (Phi) is 3.68. The minimum atomic E-state index is -1.43. The Balaban J connectivity index is 1.67. The lowest BCUT2D eigenvalue weighted by molar-refractivity contribution is 0.0843. The zero-order valence-electron chi connectivity index (χ0n) is 15.6. The zero-order chi connectivity index (χ0) is 20.1. The van der Waals surface area contributed by atoms with Crippen LogP contribution in [0.15, 0.2) is 66.7 Å². The summed E-state index contributed by atoms with van der Waals surface area (Å²) in [6.07, 6.45) is 0. The van der Waals surface area contributed by atoms with Crippen molar-refractivity contribution in [2.24, 2.45) is 13.0 Å². The fourth-order valence-electron chi connectivity index (χ4n) is 4.15. The molecule has 1 aromatic heterocycles. The van der Waals surface area contributed by atoms with Gasteiger partial charge in [0.25, 0.3) is 0 Å². The van der Waals surface area contributed by atoms with Crippen molar-refractivity contribution in [3.8, 4) is 28.5 Å². The molecule has 0 N–H and O–H groups in total. The van der Waals surface area contributed by atoms with Gasteiger partial charge in [-0.25, -0.2) is 0 Å². The van der Waals surface area contributed by atoms with Crippen LogP contribution in [-0.4, -0.2) is 21.3 Å². The minimum absolute atomic E-state index is 0.169. The highest BCUT2D eigenvalue weighted by Gasteiger charge is 2.36. The van der Waals surface area contributed by atoms with Gasteiger partial charge in [-0.15, -0.1) is 0 Å². The monoisotopic (exact) mass is 377 g/mol. The van der Waals surface area contributed by atoms with Crippen molar-refractivity contribution < 1.29 is 9.59 Å². The van der Waals surface area contributed by atoms with Gasteiger partial charge in [0.2, 0.25) is 5.78 Å². The summed E-state index contributed by atoms with van der Waals surface area (Å²) in [5.41, 5.74) is 3.96. The van der Waals surface area contributed by atoms with E-state index in [2.05, 4.69) is 5.10 Å². The van der Waals surface area contributed by atoms with Gasteiger partial charge in [-0.1, -0.05) is 66.7 Å². The van der Waals surface area contributed by atoms with Crippen LogP contribution in [0.1, 0.15) is 20.8 Å². The van der Waals surface area contributed by atoms with Gasteiger partial charge in [0.05, 0.1) is 11.8 Å². The van der Waals surface area contributed by atoms with Gasteiger partial charge in [-0.3, -0.25) is 14.3 Å². The molecule has 1 aliphatic carbocycles. The Morgan fingerprint density at radius 1 is 0.931 bits per heavy atom. The van der Waals surface area contributed by atoms with E-state index in [0.29, 0.717) is 11.1 Å². The summed E-state index contributed by atoms with van der Waals surface area (Å²) in [5.74, 6) is -2.51. The number of benzene rings is 3. The smallest absolute Gasteiger partial charge is 0.208 e. The van der Waals surface area contributed by atoms with Crippen LogP contribution in [-0.2, 0) is 7.05 Å². The van der Waals surface area contributed by atoms with Gasteiger partial charge >= 0.3 is 0 Å². The number of Topliss-reactive ketones (excluding diaryl/α,β-unsaturated/α-hetero) is 2. The van der Waals surface area contributed by atoms with Gasteiger partial charge in [-0.2, -0.15) is 10.4 Å². The lowest BCUT2D eigenvalue weighted by Crippen LogP contribution is -2.24. The second-order valence-electron chi connectivity index (χ2n) is 7.06. The second kappa shape index (κ2) is 6.25. The van der Waals surface area contributed by atoms with Crippen LogP contribution in [0.25, 0.3) is 33.2 Å². The fraction of sp³-hybridized carbons (Fsp3) is 0.0833. The molecule has 3 aromatic carbocycles. The number of hydrogen-bond acceptors (Lipinski definition) is 4. The van der Waals surface area contributed by atoms with E-state index in [1.807, 2.05) is 42.5 Å². The quantitative estimate of drug-likeness (QED) is 0.343. The lowest BCUT2D eigenvalue weighted by Gasteiger charge is -2.08. The van der Waals surface area contributed by atoms with Crippen molar-refractivity contribution in [1.82, 2.24) is 9.78 Å². The van der Waals surface area contributed by atoms with Gasteiger partial charge in [-0.05, 0) is 16.3 Å². The number of carbonyl (C=O) groups excluding carboxylic acids is 2. The summed E-state index contributed by atoms with van der Waals surface area (Å²) >= 11 is 0. The molecule has 0 bridgehead atoms. The first-order valence-electron chi connectivity index (χ1n) is 9.24. The molecule has 29 heavy (non-hydrogen) atoms. The summed E-state index contributed by atoms with van der Waals surface area (Å²) in [6.45, 7) is 0. The summed E-state index contributed by atoms with van der Waals surface area (Å²) in [4.78, 5) is 26.1. The predicted molar refractivity (Wildman–Crippen MR) is 109 cm³/mol. The van der Waals surface area contributed by atoms with Crippen LogP contribution < -0.4 is 0 Å². The molecule has 1 atom stereocenters. The zero-order valence-corrected chi connectivity index (χ0v) is 15.6. The number of rotatable bonds is 4. The highest BCUT2D eigenvalue weighted by atomic mass is 16.2. The molecule has 0 spiro atoms. The van der Waals surface area contributed by atoms with Crippen LogP contribution in [0, 0.1) is 17.2 Å². The fourth-order valence-corrected chi connectivity index (χ4v) is 4.15. The number of nitrogens with zero attached hydrogens (tertiary/aromatic N) is 3. The average molecular weight is 377 g/mol. The van der Waals surface area contributed by atoms with E-state index in [1.54, 1.807) is 42.1 Å². The molecule has 1 aliphatic rings. The second-order valence-corrected chi connectivity index (χ2v) is 7.06. The van der Waals surface area contributed by atoms with E-state index in [4.69, 9.17) is 0 Å². The van der Waals surface area contributed by atoms with Crippen molar-refractivity contribution in [2.75, 3.05) is 0 Å². The highest BCUT2D eigenvalue weighted by Crippen LogP contribution is 2.48. The number of aromatic nitrogens is 2. The number of nitriles is 1. The number of carbonyl (C=O) groups is 2. The Morgan fingerprint density at radius 3 is 2.31 bits per heavy atom. The Bertz CT molecular complexity index is 1360. The van der Waals surface area contributed by atoms with E-state index < -0.39 is 17.5 Å². The maximum absolute atomic E-state index is 13.3. The van der Waals surface area contributed by atoms with Crippen LogP contribution >= 0.6 is 0 Å². The molecule has 0 saturated carbocycles. The molecule has 4 aromatic rings. The average Bonchev–Trinajstić information content (AvgIpc) is 3.27. The number of hydrogen-bond donors (Lipinski definition) is 0. The van der Waals surface area contributed by atoms with E-state index in [-0.39, 0.29) is 5.69 Å². The van der Waals surface area contributed by atoms with Crippen molar-refractivity contribution in [3.63, 3.8) is 0 Å². The van der Waals surface area contributed by atoms with Crippen molar-refractivity contribution in [2.45, 2.75) is 0 Å². The molecular formula is C24H15N3O2. The van der Waals surface area contributed by atoms with Gasteiger partial charge in [0.15, 0.2) is 11.7 Å². The third-order valence-corrected chi connectivity index (χ3v) is 5.42. The maximum atomic E-state index is 13.3. The van der Waals surface area contributed by atoms with Crippen molar-refractivity contribution in [3.05, 3.63) is 78.0 Å². The summed E-state index contributed by atoms with van der Waals surface area (Å²) in [7, 11) is 1.78. The third kappa shape index (κ3) is 2.36. The van der Waals surface area contributed by atoms with E-state index in [1.165, 1.54) is 0 Å². The minimum Gasteiger partial charge on any atom is -0.292 e. The molecule has 0 saturated heterocycles. The van der Waals surface area contributed by atoms with Gasteiger partial charge < -0.3 is 0 Å². The van der Waals surface area contributed by atoms with Crippen LogP contribution in [0.2, 0.25) is 0 Å². The standard InChI is InChI=1S/C24H15N3O2/c1-27-22-17-12-6-10-14-9-5-11-16(19(14)17)20(22)21(26-27)24(29)18(13-25)23(28)15-7-3-2-4-8-15/h2-12,18H,1H3. The van der Waals surface area contributed by atoms with E-state index in [0.717, 1.165) is 27.6 Å². The SMILES string of the molecule is Cn1nc(C(=O)C(C#N)C(=O)c2ccccc2)c2c1-c1cccc3cccc-2c13. The van der Waals surface area contributed by atoms with Crippen LogP contribution in [0.5, 0.6) is 0 Å². The number of aryl methyl sites for hydroxylation is 1. The Morgan fingerprint density at radius 2 is 1.62 bits per heavy atom. The third-order valence-electron chi connectivity index (χ3n) is 5.42. The Labute approximate surface area is 166 Å². The first-order valence-corrected chi connectivity index (χ1v) is 9.24. The molecule has 138 valence electrons. The van der Waals surface area contributed by atoms with Crippen LogP contribution in [0.3, 0.4) is 0 Å². The van der Waals surface area contributed by atoms with Crippen molar-refractivity contribution in [1.29, 1.82) is 5.26 Å². The first-order chi connectivity index (χ1) is 14.1. The summed E-state index contributed by atoms with van der Waals surface area (Å²) in [6, 6.07) is 22.2. The number of ketones is 2. The van der Waals surface area contributed by atoms with Crippen LogP contribution in [0.4, 0.5) is 0 Å². The molecule has 0 amide bonds. The molecule has 1 heterocycles. The lowest BCUT2D eigenvalue weighted by atomic mass is 9.91. The normalized spacial score (nSPS) is 12.4. The summed E-state index contributed by atoms with van der Waals surface area (Å²) < 4.78 is 1.67. The number of fused-ring (bicyclic) bond motifs is 3. The van der Waals surface area contributed by atoms with Gasteiger partial charge in [0.1, 0.15) is 5.69 Å². The molecule has 0 aliphatic heterocycles. The summed E-state index contributed by atoms with van der Waals surface area (Å²) in [5, 5.41) is 16.2. The molecule has 5 heteroatoms. The highest BCUT2D eigenvalue weighted by molar-refractivity contribution is 6.23. The largest absolute Gasteiger partial charge is 0.292 e. The van der Waals surface area contributed by atoms with E-state index >= 15 is 0 Å². The van der Waals surface area contributed by atoms with E-state index in [9.17, 15) is 14.9 Å². The first kappa shape index (κ1) is 17.1. The molecular weight excluding hydrogens is 362 g/mol. The molecule has 5 nitrogen and oxygen atoms in total. The molecule has 0 fully saturated rings. The van der Waals surface area contributed by atoms with Crippen molar-refractivity contribution >= 4 is 22.3 Å².